The lowest BCUT2D eigenvalue weighted by molar-refractivity contribution is -0.104. The third-order valence-electron chi connectivity index (χ3n) is 2.01. The molecular formula is C10H18O. The Morgan fingerprint density at radius 2 is 2.18 bits per heavy atom. The zero-order chi connectivity index (χ0) is 8.69. The number of rotatable bonds is 5. The van der Waals surface area contributed by atoms with Crippen LogP contribution < -0.4 is 0 Å². The summed E-state index contributed by atoms with van der Waals surface area (Å²) in [6.07, 6.45) is 6.39. The molecule has 1 heteroatoms. The van der Waals surface area contributed by atoms with E-state index >= 15 is 0 Å². The van der Waals surface area contributed by atoms with Crippen molar-refractivity contribution < 1.29 is 4.79 Å². The quantitative estimate of drug-likeness (QED) is 0.439. The largest absolute Gasteiger partial charge is 0.298 e. The molecule has 0 heterocycles. The fourth-order valence-corrected chi connectivity index (χ4v) is 0.848. The van der Waals surface area contributed by atoms with E-state index in [-0.39, 0.29) is 0 Å². The van der Waals surface area contributed by atoms with Gasteiger partial charge in [0.05, 0.1) is 0 Å². The van der Waals surface area contributed by atoms with Gasteiger partial charge in [0.25, 0.3) is 0 Å². The molecule has 0 fully saturated rings. The first-order valence-corrected chi connectivity index (χ1v) is 4.32. The zero-order valence-corrected chi connectivity index (χ0v) is 7.76. The molecule has 0 aromatic rings. The molecule has 1 nitrogen and oxygen atoms in total. The van der Waals surface area contributed by atoms with E-state index in [0.29, 0.717) is 0 Å². The Kier molecular flexibility index (Phi) is 5.81. The van der Waals surface area contributed by atoms with Crippen LogP contribution in [0.15, 0.2) is 11.6 Å². The van der Waals surface area contributed by atoms with Crippen molar-refractivity contribution in [1.82, 2.24) is 0 Å². The van der Waals surface area contributed by atoms with Crippen molar-refractivity contribution in [3.05, 3.63) is 11.6 Å². The summed E-state index contributed by atoms with van der Waals surface area (Å²) in [5.41, 5.74) is 0.855. The van der Waals surface area contributed by atoms with Gasteiger partial charge in [0.1, 0.15) is 6.29 Å². The molecular weight excluding hydrogens is 136 g/mol. The molecule has 0 bridgehead atoms. The van der Waals surface area contributed by atoms with Gasteiger partial charge in [0.15, 0.2) is 0 Å². The van der Waals surface area contributed by atoms with E-state index in [4.69, 9.17) is 0 Å². The Morgan fingerprint density at radius 3 is 2.64 bits per heavy atom. The Hall–Kier alpha value is -0.590. The smallest absolute Gasteiger partial charge is 0.145 e. The van der Waals surface area contributed by atoms with E-state index in [9.17, 15) is 4.79 Å². The molecule has 11 heavy (non-hydrogen) atoms. The molecule has 0 radical (unpaired) electrons. The Bertz CT molecular complexity index is 136. The van der Waals surface area contributed by atoms with E-state index in [1.54, 1.807) is 0 Å². The van der Waals surface area contributed by atoms with Crippen LogP contribution >= 0.6 is 0 Å². The predicted molar refractivity (Wildman–Crippen MR) is 48.5 cm³/mol. The molecule has 0 aromatic heterocycles. The first-order valence-electron chi connectivity index (χ1n) is 4.32. The van der Waals surface area contributed by atoms with Gasteiger partial charge in [-0.2, -0.15) is 0 Å². The van der Waals surface area contributed by atoms with Gasteiger partial charge in [-0.25, -0.2) is 0 Å². The van der Waals surface area contributed by atoms with Gasteiger partial charge in [-0.3, -0.25) is 4.79 Å². The van der Waals surface area contributed by atoms with Gasteiger partial charge in [-0.1, -0.05) is 26.3 Å². The van der Waals surface area contributed by atoms with Crippen molar-refractivity contribution in [3.8, 4) is 0 Å². The van der Waals surface area contributed by atoms with Gasteiger partial charge in [-0.05, 0) is 31.3 Å². The van der Waals surface area contributed by atoms with Crippen LogP contribution in [0.4, 0.5) is 0 Å². The van der Waals surface area contributed by atoms with Crippen LogP contribution in [0.5, 0.6) is 0 Å². The number of aldehydes is 1. The molecule has 0 aliphatic carbocycles. The highest BCUT2D eigenvalue weighted by Crippen LogP contribution is 2.10. The van der Waals surface area contributed by atoms with E-state index in [1.165, 1.54) is 12.8 Å². The van der Waals surface area contributed by atoms with E-state index in [0.717, 1.165) is 24.2 Å². The Morgan fingerprint density at radius 1 is 1.55 bits per heavy atom. The lowest BCUT2D eigenvalue weighted by Gasteiger charge is -2.04. The topological polar surface area (TPSA) is 17.1 Å². The van der Waals surface area contributed by atoms with E-state index < -0.39 is 0 Å². The average molecular weight is 154 g/mol. The van der Waals surface area contributed by atoms with Crippen molar-refractivity contribution in [2.45, 2.75) is 40.0 Å². The average Bonchev–Trinajstić information content (AvgIpc) is 2.04. The number of hydrogen-bond donors (Lipinski definition) is 0. The highest BCUT2D eigenvalue weighted by Gasteiger charge is 1.95. The predicted octanol–water partition coefficient (Wildman–Crippen LogP) is 2.96. The number of hydrogen-bond acceptors (Lipinski definition) is 1. The maximum absolute atomic E-state index is 10.2. The fraction of sp³-hybridized carbons (Fsp3) is 0.700. The second-order valence-corrected chi connectivity index (χ2v) is 3.16. The summed E-state index contributed by atoms with van der Waals surface area (Å²) in [5, 5.41) is 0. The molecule has 0 saturated heterocycles. The van der Waals surface area contributed by atoms with Crippen molar-refractivity contribution in [3.63, 3.8) is 0 Å². The molecule has 0 rings (SSSR count). The first kappa shape index (κ1) is 10.4. The Balaban J connectivity index is 3.47. The van der Waals surface area contributed by atoms with Crippen molar-refractivity contribution in [1.29, 1.82) is 0 Å². The molecule has 0 amide bonds. The molecule has 1 atom stereocenters. The maximum Gasteiger partial charge on any atom is 0.145 e. The fourth-order valence-electron chi connectivity index (χ4n) is 0.848. The minimum atomic E-state index is 0.783. The van der Waals surface area contributed by atoms with Gasteiger partial charge < -0.3 is 0 Å². The number of carbonyl (C=O) groups is 1. The minimum absolute atomic E-state index is 0.783. The summed E-state index contributed by atoms with van der Waals surface area (Å²) in [7, 11) is 0. The molecule has 0 spiro atoms. The summed E-state index contributed by atoms with van der Waals surface area (Å²) < 4.78 is 0. The highest BCUT2D eigenvalue weighted by molar-refractivity contribution is 5.71. The van der Waals surface area contributed by atoms with Crippen LogP contribution in [-0.4, -0.2) is 6.29 Å². The van der Waals surface area contributed by atoms with Gasteiger partial charge in [-0.15, -0.1) is 0 Å². The molecule has 0 saturated carbocycles. The monoisotopic (exact) mass is 154 g/mol. The lowest BCUT2D eigenvalue weighted by atomic mass is 10.0. The van der Waals surface area contributed by atoms with Crippen LogP contribution in [0.2, 0.25) is 0 Å². The van der Waals surface area contributed by atoms with Crippen molar-refractivity contribution >= 4 is 6.29 Å². The summed E-state index contributed by atoms with van der Waals surface area (Å²) in [4.78, 5) is 10.2. The SMILES string of the molecule is CCC(C)CCC=C(C)C=O. The third-order valence-corrected chi connectivity index (χ3v) is 2.01. The van der Waals surface area contributed by atoms with Crippen molar-refractivity contribution in [2.75, 3.05) is 0 Å². The van der Waals surface area contributed by atoms with E-state index in [2.05, 4.69) is 13.8 Å². The van der Waals surface area contributed by atoms with Crippen LogP contribution in [0.25, 0.3) is 0 Å². The summed E-state index contributed by atoms with van der Waals surface area (Å²) in [5.74, 6) is 0.783. The number of carbonyl (C=O) groups excluding carboxylic acids is 1. The summed E-state index contributed by atoms with van der Waals surface area (Å²) in [6, 6.07) is 0. The normalized spacial score (nSPS) is 14.6. The van der Waals surface area contributed by atoms with E-state index in [1.807, 2.05) is 13.0 Å². The molecule has 0 aliphatic heterocycles. The summed E-state index contributed by atoms with van der Waals surface area (Å²) in [6.45, 7) is 6.29. The second-order valence-electron chi connectivity index (χ2n) is 3.16. The first-order chi connectivity index (χ1) is 5.20. The van der Waals surface area contributed by atoms with Crippen LogP contribution in [0.3, 0.4) is 0 Å². The van der Waals surface area contributed by atoms with Crippen LogP contribution in [-0.2, 0) is 4.79 Å². The van der Waals surface area contributed by atoms with Gasteiger partial charge in [0.2, 0.25) is 0 Å². The third kappa shape index (κ3) is 5.84. The number of allylic oxidation sites excluding steroid dienone is 2. The summed E-state index contributed by atoms with van der Waals surface area (Å²) >= 11 is 0. The highest BCUT2D eigenvalue weighted by atomic mass is 16.1. The Labute approximate surface area is 69.5 Å². The standard InChI is InChI=1S/C10H18O/c1-4-9(2)6-5-7-10(3)8-11/h7-9H,4-6H2,1-3H3. The minimum Gasteiger partial charge on any atom is -0.298 e. The molecule has 0 N–H and O–H groups in total. The molecule has 1 unspecified atom stereocenters. The molecule has 0 aliphatic rings. The van der Waals surface area contributed by atoms with Gasteiger partial charge in [0, 0.05) is 0 Å². The van der Waals surface area contributed by atoms with Crippen molar-refractivity contribution in [2.24, 2.45) is 5.92 Å². The van der Waals surface area contributed by atoms with Crippen LogP contribution in [0, 0.1) is 5.92 Å². The van der Waals surface area contributed by atoms with Crippen LogP contribution in [0.1, 0.15) is 40.0 Å². The second kappa shape index (κ2) is 6.14. The lowest BCUT2D eigenvalue weighted by Crippen LogP contribution is -1.90. The molecule has 0 aromatic carbocycles. The molecule has 64 valence electrons. The van der Waals surface area contributed by atoms with Gasteiger partial charge >= 0.3 is 0 Å². The maximum atomic E-state index is 10.2. The zero-order valence-electron chi connectivity index (χ0n) is 7.76.